The SMILES string of the molecule is CSc1nc(C(=O)N2CCC([C@H](O)c3ccccn3)CC2)cs1. The van der Waals surface area contributed by atoms with Crippen LogP contribution in [0, 0.1) is 5.92 Å². The maximum absolute atomic E-state index is 12.5. The Morgan fingerprint density at radius 1 is 1.43 bits per heavy atom. The van der Waals surface area contributed by atoms with E-state index in [1.54, 1.807) is 18.0 Å². The number of aliphatic hydroxyl groups is 1. The van der Waals surface area contributed by atoms with Crippen molar-refractivity contribution in [1.82, 2.24) is 14.9 Å². The topological polar surface area (TPSA) is 66.3 Å². The summed E-state index contributed by atoms with van der Waals surface area (Å²) in [5.74, 6) is 0.137. The maximum atomic E-state index is 12.5. The predicted octanol–water partition coefficient (Wildman–Crippen LogP) is 2.85. The molecule has 1 aliphatic heterocycles. The summed E-state index contributed by atoms with van der Waals surface area (Å²) < 4.78 is 0.911. The van der Waals surface area contributed by atoms with Crippen LogP contribution in [-0.2, 0) is 0 Å². The van der Waals surface area contributed by atoms with Crippen LogP contribution in [0.15, 0.2) is 34.1 Å². The van der Waals surface area contributed by atoms with Crippen molar-refractivity contribution in [3.8, 4) is 0 Å². The van der Waals surface area contributed by atoms with Gasteiger partial charge < -0.3 is 10.0 Å². The first-order valence-corrected chi connectivity index (χ1v) is 9.67. The maximum Gasteiger partial charge on any atom is 0.273 e. The Hall–Kier alpha value is -1.44. The second-order valence-electron chi connectivity index (χ2n) is 5.53. The summed E-state index contributed by atoms with van der Waals surface area (Å²) in [5, 5.41) is 12.3. The van der Waals surface area contributed by atoms with Crippen LogP contribution in [0.2, 0.25) is 0 Å². The van der Waals surface area contributed by atoms with Crippen molar-refractivity contribution in [3.63, 3.8) is 0 Å². The number of pyridine rings is 1. The van der Waals surface area contributed by atoms with E-state index in [1.165, 1.54) is 11.3 Å². The van der Waals surface area contributed by atoms with Crippen molar-refractivity contribution in [2.75, 3.05) is 19.3 Å². The molecule has 1 fully saturated rings. The van der Waals surface area contributed by atoms with Crippen LogP contribution in [0.4, 0.5) is 0 Å². The Morgan fingerprint density at radius 3 is 2.83 bits per heavy atom. The zero-order chi connectivity index (χ0) is 16.2. The number of piperidine rings is 1. The lowest BCUT2D eigenvalue weighted by atomic mass is 9.89. The van der Waals surface area contributed by atoms with E-state index in [0.717, 1.165) is 17.2 Å². The lowest BCUT2D eigenvalue weighted by Gasteiger charge is -2.33. The van der Waals surface area contributed by atoms with Crippen molar-refractivity contribution in [2.45, 2.75) is 23.3 Å². The van der Waals surface area contributed by atoms with Gasteiger partial charge in [0.15, 0.2) is 0 Å². The van der Waals surface area contributed by atoms with Gasteiger partial charge in [0.1, 0.15) is 10.0 Å². The number of thiazole rings is 1. The number of likely N-dealkylation sites (tertiary alicyclic amines) is 1. The van der Waals surface area contributed by atoms with E-state index in [0.29, 0.717) is 24.5 Å². The highest BCUT2D eigenvalue weighted by atomic mass is 32.2. The Labute approximate surface area is 143 Å². The number of nitrogens with zero attached hydrogens (tertiary/aromatic N) is 3. The van der Waals surface area contributed by atoms with Gasteiger partial charge in [0, 0.05) is 24.7 Å². The van der Waals surface area contributed by atoms with Gasteiger partial charge in [-0.3, -0.25) is 9.78 Å². The second-order valence-corrected chi connectivity index (χ2v) is 7.44. The molecule has 2 aromatic rings. The molecule has 3 rings (SSSR count). The van der Waals surface area contributed by atoms with Crippen LogP contribution in [0.3, 0.4) is 0 Å². The van der Waals surface area contributed by atoms with E-state index in [4.69, 9.17) is 0 Å². The molecule has 1 amide bonds. The quantitative estimate of drug-likeness (QED) is 0.860. The van der Waals surface area contributed by atoms with Crippen molar-refractivity contribution in [3.05, 3.63) is 41.2 Å². The summed E-state index contributed by atoms with van der Waals surface area (Å²) in [7, 11) is 0. The highest BCUT2D eigenvalue weighted by Crippen LogP contribution is 2.30. The van der Waals surface area contributed by atoms with Crippen molar-refractivity contribution in [1.29, 1.82) is 0 Å². The van der Waals surface area contributed by atoms with E-state index in [1.807, 2.05) is 34.7 Å². The fourth-order valence-electron chi connectivity index (χ4n) is 2.82. The number of carbonyl (C=O) groups excluding carboxylic acids is 1. The van der Waals surface area contributed by atoms with Crippen LogP contribution < -0.4 is 0 Å². The van der Waals surface area contributed by atoms with E-state index >= 15 is 0 Å². The van der Waals surface area contributed by atoms with Crippen LogP contribution in [0.25, 0.3) is 0 Å². The van der Waals surface area contributed by atoms with Gasteiger partial charge in [0.2, 0.25) is 0 Å². The molecule has 23 heavy (non-hydrogen) atoms. The largest absolute Gasteiger partial charge is 0.387 e. The molecule has 1 saturated heterocycles. The number of aromatic nitrogens is 2. The first-order valence-electron chi connectivity index (χ1n) is 7.57. The molecule has 1 aliphatic rings. The molecule has 0 radical (unpaired) electrons. The molecule has 7 heteroatoms. The number of thioether (sulfide) groups is 1. The smallest absolute Gasteiger partial charge is 0.273 e. The number of hydrogen-bond donors (Lipinski definition) is 1. The highest BCUT2D eigenvalue weighted by Gasteiger charge is 2.29. The minimum atomic E-state index is -0.559. The number of hydrogen-bond acceptors (Lipinski definition) is 6. The number of amides is 1. The molecule has 0 unspecified atom stereocenters. The highest BCUT2D eigenvalue weighted by molar-refractivity contribution is 8.00. The third-order valence-electron chi connectivity index (χ3n) is 4.14. The van der Waals surface area contributed by atoms with E-state index in [2.05, 4.69) is 9.97 Å². The Kier molecular flexibility index (Phi) is 5.30. The van der Waals surface area contributed by atoms with Gasteiger partial charge in [-0.1, -0.05) is 17.8 Å². The van der Waals surface area contributed by atoms with Gasteiger partial charge in [-0.05, 0) is 37.1 Å². The summed E-state index contributed by atoms with van der Waals surface area (Å²) in [4.78, 5) is 22.9. The Balaban J connectivity index is 1.59. The molecule has 0 saturated carbocycles. The molecule has 3 heterocycles. The zero-order valence-corrected chi connectivity index (χ0v) is 14.5. The third kappa shape index (κ3) is 3.73. The predicted molar refractivity (Wildman–Crippen MR) is 91.7 cm³/mol. The summed E-state index contributed by atoms with van der Waals surface area (Å²) >= 11 is 3.05. The molecule has 1 atom stereocenters. The monoisotopic (exact) mass is 349 g/mol. The average molecular weight is 349 g/mol. The van der Waals surface area contributed by atoms with Crippen LogP contribution in [0.5, 0.6) is 0 Å². The molecule has 2 aromatic heterocycles. The normalized spacial score (nSPS) is 17.2. The standard InChI is InChI=1S/C16H19N3O2S2/c1-22-16-18-13(10-23-16)15(21)19-8-5-11(6-9-19)14(20)12-4-2-3-7-17-12/h2-4,7,10-11,14,20H,5-6,8-9H2,1H3/t14-/m0/s1. The van der Waals surface area contributed by atoms with Crippen LogP contribution >= 0.6 is 23.1 Å². The molecule has 122 valence electrons. The van der Waals surface area contributed by atoms with E-state index < -0.39 is 6.10 Å². The number of rotatable bonds is 4. The lowest BCUT2D eigenvalue weighted by molar-refractivity contribution is 0.0444. The molecular formula is C16H19N3O2S2. The molecule has 0 aromatic carbocycles. The fraction of sp³-hybridized carbons (Fsp3) is 0.438. The summed E-state index contributed by atoms with van der Waals surface area (Å²) in [6.07, 6.45) is 4.66. The second kappa shape index (κ2) is 7.42. The summed E-state index contributed by atoms with van der Waals surface area (Å²) in [6, 6.07) is 5.57. The summed E-state index contributed by atoms with van der Waals surface area (Å²) in [5.41, 5.74) is 1.24. The molecule has 0 aliphatic carbocycles. The molecule has 5 nitrogen and oxygen atoms in total. The van der Waals surface area contributed by atoms with Crippen molar-refractivity contribution < 1.29 is 9.90 Å². The zero-order valence-electron chi connectivity index (χ0n) is 12.9. The van der Waals surface area contributed by atoms with Crippen molar-refractivity contribution >= 4 is 29.0 Å². The van der Waals surface area contributed by atoms with Crippen LogP contribution in [-0.4, -0.2) is 45.2 Å². The van der Waals surface area contributed by atoms with Crippen LogP contribution in [0.1, 0.15) is 35.1 Å². The first kappa shape index (κ1) is 16.4. The lowest BCUT2D eigenvalue weighted by Crippen LogP contribution is -2.40. The van der Waals surface area contributed by atoms with Crippen molar-refractivity contribution in [2.24, 2.45) is 5.92 Å². The molecule has 0 bridgehead atoms. The average Bonchev–Trinajstić information content (AvgIpc) is 3.10. The van der Waals surface area contributed by atoms with Gasteiger partial charge in [-0.2, -0.15) is 0 Å². The van der Waals surface area contributed by atoms with E-state index in [9.17, 15) is 9.90 Å². The minimum absolute atomic E-state index is 0.00711. The van der Waals surface area contributed by atoms with Gasteiger partial charge in [0.25, 0.3) is 5.91 Å². The van der Waals surface area contributed by atoms with E-state index in [-0.39, 0.29) is 11.8 Å². The summed E-state index contributed by atoms with van der Waals surface area (Å²) in [6.45, 7) is 1.30. The fourth-order valence-corrected chi connectivity index (χ4v) is 4.06. The number of carbonyl (C=O) groups is 1. The van der Waals surface area contributed by atoms with Gasteiger partial charge in [-0.15, -0.1) is 11.3 Å². The van der Waals surface area contributed by atoms with Gasteiger partial charge in [-0.25, -0.2) is 4.98 Å². The molecular weight excluding hydrogens is 330 g/mol. The molecule has 0 spiro atoms. The first-order chi connectivity index (χ1) is 11.2. The number of aliphatic hydroxyl groups excluding tert-OH is 1. The van der Waals surface area contributed by atoms with Gasteiger partial charge >= 0.3 is 0 Å². The third-order valence-corrected chi connectivity index (χ3v) is 6.00. The Bertz CT molecular complexity index is 654. The Morgan fingerprint density at radius 2 is 2.22 bits per heavy atom. The minimum Gasteiger partial charge on any atom is -0.387 e. The molecule has 1 N–H and O–H groups in total. The van der Waals surface area contributed by atoms with Gasteiger partial charge in [0.05, 0.1) is 11.8 Å².